The summed E-state index contributed by atoms with van der Waals surface area (Å²) < 4.78 is 10.8. The predicted octanol–water partition coefficient (Wildman–Crippen LogP) is 3.28. The van der Waals surface area contributed by atoms with Gasteiger partial charge >= 0.3 is 0 Å². The lowest BCUT2D eigenvalue weighted by molar-refractivity contribution is 0.0912. The topological polar surface area (TPSA) is 51.5 Å². The van der Waals surface area contributed by atoms with E-state index in [1.54, 1.807) is 7.11 Å². The summed E-state index contributed by atoms with van der Waals surface area (Å²) in [7, 11) is 1.62. The first-order valence-electron chi connectivity index (χ1n) is 6.44. The standard InChI is InChI=1S/C15H19NO3/c1-5-9(2)16-15(17)14-10(3)12-8-11(18-4)6-7-13(12)19-14/h6-9H,5H2,1-4H3,(H,16,17)/t9-/m1/s1. The van der Waals surface area contributed by atoms with Crippen LogP contribution >= 0.6 is 0 Å². The van der Waals surface area contributed by atoms with Crippen LogP contribution in [-0.4, -0.2) is 19.1 Å². The minimum absolute atomic E-state index is 0.134. The number of aryl methyl sites for hydroxylation is 1. The second-order valence-corrected chi connectivity index (χ2v) is 4.70. The summed E-state index contributed by atoms with van der Waals surface area (Å²) in [6.45, 7) is 5.89. The quantitative estimate of drug-likeness (QED) is 0.918. The molecule has 1 amide bonds. The van der Waals surface area contributed by atoms with Gasteiger partial charge in [0.05, 0.1) is 7.11 Å². The number of furan rings is 1. The molecule has 0 aliphatic heterocycles. The van der Waals surface area contributed by atoms with Gasteiger partial charge in [-0.1, -0.05) is 6.92 Å². The second-order valence-electron chi connectivity index (χ2n) is 4.70. The number of rotatable bonds is 4. The van der Waals surface area contributed by atoms with Crippen molar-refractivity contribution >= 4 is 16.9 Å². The molecule has 4 nitrogen and oxygen atoms in total. The van der Waals surface area contributed by atoms with Gasteiger partial charge in [0.25, 0.3) is 5.91 Å². The first-order valence-corrected chi connectivity index (χ1v) is 6.44. The fourth-order valence-electron chi connectivity index (χ4n) is 1.93. The number of hydrogen-bond acceptors (Lipinski definition) is 3. The van der Waals surface area contributed by atoms with Gasteiger partial charge in [0.1, 0.15) is 11.3 Å². The van der Waals surface area contributed by atoms with E-state index in [0.29, 0.717) is 11.3 Å². The number of ether oxygens (including phenoxy) is 1. The summed E-state index contributed by atoms with van der Waals surface area (Å²) in [5, 5.41) is 3.82. The zero-order chi connectivity index (χ0) is 14.0. The molecule has 0 saturated carbocycles. The monoisotopic (exact) mass is 261 g/mol. The van der Waals surface area contributed by atoms with Crippen molar-refractivity contribution in [1.29, 1.82) is 0 Å². The van der Waals surface area contributed by atoms with E-state index in [9.17, 15) is 4.79 Å². The van der Waals surface area contributed by atoms with Gasteiger partial charge in [-0.2, -0.15) is 0 Å². The molecule has 4 heteroatoms. The molecule has 1 atom stereocenters. The first-order chi connectivity index (χ1) is 9.06. The Morgan fingerprint density at radius 2 is 2.21 bits per heavy atom. The first kappa shape index (κ1) is 13.5. The van der Waals surface area contributed by atoms with E-state index in [0.717, 1.165) is 23.1 Å². The Morgan fingerprint density at radius 3 is 2.84 bits per heavy atom. The maximum atomic E-state index is 12.1. The third kappa shape index (κ3) is 2.57. The minimum Gasteiger partial charge on any atom is -0.497 e. The van der Waals surface area contributed by atoms with Crippen molar-refractivity contribution in [3.8, 4) is 5.75 Å². The van der Waals surface area contributed by atoms with Crippen LogP contribution in [0.1, 0.15) is 36.4 Å². The number of hydrogen-bond donors (Lipinski definition) is 1. The normalized spacial score (nSPS) is 12.4. The van der Waals surface area contributed by atoms with Crippen LogP contribution in [0.3, 0.4) is 0 Å². The van der Waals surface area contributed by atoms with Gasteiger partial charge in [-0.25, -0.2) is 0 Å². The van der Waals surface area contributed by atoms with Crippen molar-refractivity contribution in [3.05, 3.63) is 29.5 Å². The Balaban J connectivity index is 2.39. The molecule has 2 aromatic rings. The molecule has 1 heterocycles. The maximum Gasteiger partial charge on any atom is 0.287 e. The Hall–Kier alpha value is -1.97. The highest BCUT2D eigenvalue weighted by molar-refractivity contribution is 5.99. The second kappa shape index (κ2) is 5.34. The predicted molar refractivity (Wildman–Crippen MR) is 74.7 cm³/mol. The van der Waals surface area contributed by atoms with Crippen LogP contribution in [0.25, 0.3) is 11.0 Å². The number of methoxy groups -OCH3 is 1. The van der Waals surface area contributed by atoms with Gasteiger partial charge < -0.3 is 14.5 Å². The number of benzene rings is 1. The van der Waals surface area contributed by atoms with Crippen molar-refractivity contribution < 1.29 is 13.9 Å². The number of carbonyl (C=O) groups excluding carboxylic acids is 1. The highest BCUT2D eigenvalue weighted by Crippen LogP contribution is 2.28. The fourth-order valence-corrected chi connectivity index (χ4v) is 1.93. The molecule has 0 saturated heterocycles. The highest BCUT2D eigenvalue weighted by Gasteiger charge is 2.18. The third-order valence-electron chi connectivity index (χ3n) is 3.34. The van der Waals surface area contributed by atoms with E-state index in [1.165, 1.54) is 0 Å². The van der Waals surface area contributed by atoms with Crippen LogP contribution in [0.15, 0.2) is 22.6 Å². The molecule has 2 rings (SSSR count). The average Bonchev–Trinajstić information content (AvgIpc) is 2.75. The van der Waals surface area contributed by atoms with Crippen LogP contribution in [0.5, 0.6) is 5.75 Å². The van der Waals surface area contributed by atoms with Gasteiger partial charge in [-0.05, 0) is 38.5 Å². The molecule has 19 heavy (non-hydrogen) atoms. The molecular formula is C15H19NO3. The minimum atomic E-state index is -0.165. The van der Waals surface area contributed by atoms with Crippen LogP contribution in [-0.2, 0) is 0 Å². The van der Waals surface area contributed by atoms with E-state index in [-0.39, 0.29) is 11.9 Å². The lowest BCUT2D eigenvalue weighted by Gasteiger charge is -2.09. The van der Waals surface area contributed by atoms with E-state index in [2.05, 4.69) is 5.32 Å². The molecule has 0 aliphatic carbocycles. The molecule has 0 fully saturated rings. The largest absolute Gasteiger partial charge is 0.497 e. The lowest BCUT2D eigenvalue weighted by atomic mass is 10.1. The summed E-state index contributed by atoms with van der Waals surface area (Å²) in [4.78, 5) is 12.1. The van der Waals surface area contributed by atoms with Crippen molar-refractivity contribution in [2.75, 3.05) is 7.11 Å². The van der Waals surface area contributed by atoms with Crippen molar-refractivity contribution in [3.63, 3.8) is 0 Å². The molecular weight excluding hydrogens is 242 g/mol. The van der Waals surface area contributed by atoms with Crippen LogP contribution in [0.2, 0.25) is 0 Å². The molecule has 0 radical (unpaired) electrons. The van der Waals surface area contributed by atoms with Crippen LogP contribution in [0, 0.1) is 6.92 Å². The SMILES string of the molecule is CC[C@@H](C)NC(=O)c1oc2ccc(OC)cc2c1C. The fraction of sp³-hybridized carbons (Fsp3) is 0.400. The molecule has 102 valence electrons. The van der Waals surface area contributed by atoms with E-state index in [1.807, 2.05) is 39.0 Å². The molecule has 0 unspecified atom stereocenters. The summed E-state index contributed by atoms with van der Waals surface area (Å²) in [5.41, 5.74) is 1.54. The van der Waals surface area contributed by atoms with Gasteiger partial charge in [0, 0.05) is 17.0 Å². The lowest BCUT2D eigenvalue weighted by Crippen LogP contribution is -2.32. The van der Waals surface area contributed by atoms with Crippen molar-refractivity contribution in [1.82, 2.24) is 5.32 Å². The Morgan fingerprint density at radius 1 is 1.47 bits per heavy atom. The van der Waals surface area contributed by atoms with Crippen molar-refractivity contribution in [2.24, 2.45) is 0 Å². The van der Waals surface area contributed by atoms with E-state index in [4.69, 9.17) is 9.15 Å². The van der Waals surface area contributed by atoms with E-state index >= 15 is 0 Å². The van der Waals surface area contributed by atoms with Gasteiger partial charge in [-0.15, -0.1) is 0 Å². The Bertz CT molecular complexity index is 601. The summed E-state index contributed by atoms with van der Waals surface area (Å²) >= 11 is 0. The van der Waals surface area contributed by atoms with Crippen LogP contribution < -0.4 is 10.1 Å². The van der Waals surface area contributed by atoms with Crippen LogP contribution in [0.4, 0.5) is 0 Å². The van der Waals surface area contributed by atoms with Gasteiger partial charge in [0.15, 0.2) is 5.76 Å². The van der Waals surface area contributed by atoms with Gasteiger partial charge in [0.2, 0.25) is 0 Å². The Kier molecular flexibility index (Phi) is 3.79. The molecule has 0 spiro atoms. The number of carbonyl (C=O) groups is 1. The smallest absolute Gasteiger partial charge is 0.287 e. The molecule has 1 aromatic carbocycles. The van der Waals surface area contributed by atoms with Gasteiger partial charge in [-0.3, -0.25) is 4.79 Å². The molecule has 1 aromatic heterocycles. The zero-order valence-corrected chi connectivity index (χ0v) is 11.7. The maximum absolute atomic E-state index is 12.1. The number of amides is 1. The summed E-state index contributed by atoms with van der Waals surface area (Å²) in [6, 6.07) is 5.66. The Labute approximate surface area is 112 Å². The number of fused-ring (bicyclic) bond motifs is 1. The van der Waals surface area contributed by atoms with Crippen molar-refractivity contribution in [2.45, 2.75) is 33.2 Å². The van der Waals surface area contributed by atoms with E-state index < -0.39 is 0 Å². The zero-order valence-electron chi connectivity index (χ0n) is 11.7. The highest BCUT2D eigenvalue weighted by atomic mass is 16.5. The number of nitrogens with one attached hydrogen (secondary N) is 1. The molecule has 1 N–H and O–H groups in total. The molecule has 0 bridgehead atoms. The average molecular weight is 261 g/mol. The summed E-state index contributed by atoms with van der Waals surface area (Å²) in [6.07, 6.45) is 0.888. The third-order valence-corrected chi connectivity index (χ3v) is 3.34. The summed E-state index contributed by atoms with van der Waals surface area (Å²) in [5.74, 6) is 0.968. The molecule has 0 aliphatic rings.